The van der Waals surface area contributed by atoms with Gasteiger partial charge in [-0.15, -0.1) is 0 Å². The molecule has 5 heteroatoms. The van der Waals surface area contributed by atoms with Gasteiger partial charge in [-0.2, -0.15) is 0 Å². The first kappa shape index (κ1) is 19.2. The molecule has 1 aliphatic rings. The van der Waals surface area contributed by atoms with Crippen molar-refractivity contribution in [3.05, 3.63) is 83.9 Å². The maximum absolute atomic E-state index is 13.9. The second-order valence-corrected chi connectivity index (χ2v) is 8.02. The zero-order chi connectivity index (χ0) is 20.7. The Kier molecular flexibility index (Phi) is 5.01. The van der Waals surface area contributed by atoms with E-state index in [0.717, 1.165) is 35.9 Å². The molecule has 1 saturated carbocycles. The average Bonchev–Trinajstić information content (AvgIpc) is 3.06. The van der Waals surface area contributed by atoms with Crippen LogP contribution in [0.25, 0.3) is 21.8 Å². The van der Waals surface area contributed by atoms with Crippen molar-refractivity contribution < 1.29 is 18.6 Å². The highest BCUT2D eigenvalue weighted by Crippen LogP contribution is 2.39. The Bertz CT molecular complexity index is 1130. The highest BCUT2D eigenvalue weighted by molar-refractivity contribution is 6.08. The molecule has 0 amide bonds. The Morgan fingerprint density at radius 1 is 0.867 bits per heavy atom. The zero-order valence-corrected chi connectivity index (χ0v) is 16.5. The lowest BCUT2D eigenvalue weighted by Crippen LogP contribution is -2.40. The smallest absolute Gasteiger partial charge is 0.123 e. The van der Waals surface area contributed by atoms with Crippen molar-refractivity contribution in [3.63, 3.8) is 0 Å². The Morgan fingerprint density at radius 3 is 2.13 bits per heavy atom. The summed E-state index contributed by atoms with van der Waals surface area (Å²) in [6, 6.07) is 18.8. The summed E-state index contributed by atoms with van der Waals surface area (Å²) < 4.78 is 36.0. The van der Waals surface area contributed by atoms with E-state index in [1.54, 1.807) is 12.1 Å². The van der Waals surface area contributed by atoms with Gasteiger partial charge in [-0.25, -0.2) is 8.78 Å². The van der Waals surface area contributed by atoms with E-state index in [-0.39, 0.29) is 23.8 Å². The van der Waals surface area contributed by atoms with Crippen LogP contribution in [-0.2, 0) is 11.3 Å². The molecule has 5 rings (SSSR count). The molecule has 0 aliphatic heterocycles. The molecule has 1 aromatic heterocycles. The first-order chi connectivity index (χ1) is 14.6. The van der Waals surface area contributed by atoms with E-state index < -0.39 is 6.10 Å². The predicted molar refractivity (Wildman–Crippen MR) is 113 cm³/mol. The summed E-state index contributed by atoms with van der Waals surface area (Å²) in [5.74, 6) is -0.724. The maximum Gasteiger partial charge on any atom is 0.123 e. The molecule has 3 unspecified atom stereocenters. The first-order valence-electron chi connectivity index (χ1n) is 10.3. The zero-order valence-electron chi connectivity index (χ0n) is 16.5. The summed E-state index contributed by atoms with van der Waals surface area (Å²) in [5, 5.41) is 12.5. The minimum absolute atomic E-state index is 0.226. The highest BCUT2D eigenvalue weighted by Gasteiger charge is 2.35. The molecule has 30 heavy (non-hydrogen) atoms. The van der Waals surface area contributed by atoms with Crippen molar-refractivity contribution in [2.45, 2.75) is 44.1 Å². The summed E-state index contributed by atoms with van der Waals surface area (Å²) in [7, 11) is 0. The summed E-state index contributed by atoms with van der Waals surface area (Å²) in [6.45, 7) is 0.443. The third-order valence-corrected chi connectivity index (χ3v) is 6.13. The van der Waals surface area contributed by atoms with E-state index in [2.05, 4.69) is 0 Å². The third kappa shape index (κ3) is 3.38. The van der Waals surface area contributed by atoms with Gasteiger partial charge >= 0.3 is 0 Å². The number of nitrogens with zero attached hydrogens (tertiary/aromatic N) is 1. The van der Waals surface area contributed by atoms with Crippen LogP contribution >= 0.6 is 0 Å². The van der Waals surface area contributed by atoms with E-state index in [4.69, 9.17) is 4.74 Å². The fourth-order valence-corrected chi connectivity index (χ4v) is 4.71. The van der Waals surface area contributed by atoms with E-state index >= 15 is 0 Å². The molecule has 3 atom stereocenters. The molecule has 3 nitrogen and oxygen atoms in total. The fourth-order valence-electron chi connectivity index (χ4n) is 4.71. The number of halogens is 2. The number of aromatic nitrogens is 1. The van der Waals surface area contributed by atoms with Crippen LogP contribution in [0.1, 0.15) is 30.9 Å². The van der Waals surface area contributed by atoms with E-state index in [0.29, 0.717) is 17.4 Å². The minimum atomic E-state index is -0.712. The van der Waals surface area contributed by atoms with Gasteiger partial charge in [-0.05, 0) is 61.2 Å². The van der Waals surface area contributed by atoms with Gasteiger partial charge in [0, 0.05) is 21.8 Å². The number of benzene rings is 3. The van der Waals surface area contributed by atoms with Crippen molar-refractivity contribution in [1.82, 2.24) is 4.57 Å². The third-order valence-electron chi connectivity index (χ3n) is 6.13. The second-order valence-electron chi connectivity index (χ2n) is 8.02. The molecule has 3 aromatic carbocycles. The van der Waals surface area contributed by atoms with Crippen molar-refractivity contribution in [2.24, 2.45) is 0 Å². The number of fused-ring (bicyclic) bond motifs is 3. The Balaban J connectivity index is 1.52. The van der Waals surface area contributed by atoms with Crippen LogP contribution in [0.2, 0.25) is 0 Å². The minimum Gasteiger partial charge on any atom is -0.388 e. The number of ether oxygens (including phenoxy) is 1. The van der Waals surface area contributed by atoms with Crippen molar-refractivity contribution >= 4 is 21.8 Å². The van der Waals surface area contributed by atoms with Crippen LogP contribution in [0, 0.1) is 11.6 Å². The predicted octanol–water partition coefficient (Wildman–Crippen LogP) is 5.74. The molecular weight excluding hydrogens is 384 g/mol. The van der Waals surface area contributed by atoms with E-state index in [9.17, 15) is 13.9 Å². The second kappa shape index (κ2) is 7.82. The van der Waals surface area contributed by atoms with Crippen molar-refractivity contribution in [3.8, 4) is 0 Å². The Morgan fingerprint density at radius 2 is 1.50 bits per heavy atom. The quantitative estimate of drug-likeness (QED) is 0.468. The molecule has 1 heterocycles. The lowest BCUT2D eigenvalue weighted by Gasteiger charge is -2.36. The molecule has 1 aliphatic carbocycles. The van der Waals surface area contributed by atoms with Gasteiger partial charge in [0.05, 0.1) is 18.8 Å². The summed E-state index contributed by atoms with van der Waals surface area (Å²) in [6.07, 6.45) is 1.46. The Labute approximate surface area is 173 Å². The van der Waals surface area contributed by atoms with Gasteiger partial charge in [0.1, 0.15) is 17.7 Å². The van der Waals surface area contributed by atoms with Gasteiger partial charge < -0.3 is 14.4 Å². The molecule has 0 bridgehead atoms. The topological polar surface area (TPSA) is 34.4 Å². The Hall–Kier alpha value is -2.76. The molecule has 1 fully saturated rings. The van der Waals surface area contributed by atoms with Crippen LogP contribution in [0.15, 0.2) is 66.7 Å². The van der Waals surface area contributed by atoms with Gasteiger partial charge in [0.25, 0.3) is 0 Å². The molecule has 4 aromatic rings. The van der Waals surface area contributed by atoms with Gasteiger partial charge in [0.15, 0.2) is 0 Å². The molecule has 0 saturated heterocycles. The summed E-state index contributed by atoms with van der Waals surface area (Å²) >= 11 is 0. The van der Waals surface area contributed by atoms with E-state index in [1.807, 2.05) is 34.9 Å². The standard InChI is InChI=1S/C25H23F2NO2/c26-17-9-11-21-19(13-17)20-14-18(27)10-12-22(20)28(21)23-7-4-8-24(25(23)29)30-15-16-5-2-1-3-6-16/h1-3,5-6,9-14,23-25,29H,4,7-8,15H2. The lowest BCUT2D eigenvalue weighted by atomic mass is 9.89. The summed E-state index contributed by atoms with van der Waals surface area (Å²) in [5.41, 5.74) is 2.66. The fraction of sp³-hybridized carbons (Fsp3) is 0.280. The molecule has 154 valence electrons. The van der Waals surface area contributed by atoms with Crippen LogP contribution < -0.4 is 0 Å². The molecule has 0 radical (unpaired) electrons. The SMILES string of the molecule is OC1C(OCc2ccccc2)CCCC1n1c2ccc(F)cc2c2cc(F)ccc21. The van der Waals surface area contributed by atoms with Gasteiger partial charge in [-0.3, -0.25) is 0 Å². The van der Waals surface area contributed by atoms with Crippen LogP contribution in [0.3, 0.4) is 0 Å². The average molecular weight is 407 g/mol. The number of hydrogen-bond donors (Lipinski definition) is 1. The molecule has 1 N–H and O–H groups in total. The molecule has 0 spiro atoms. The van der Waals surface area contributed by atoms with Gasteiger partial charge in [0.2, 0.25) is 0 Å². The largest absolute Gasteiger partial charge is 0.388 e. The normalized spacial score (nSPS) is 22.0. The van der Waals surface area contributed by atoms with E-state index in [1.165, 1.54) is 24.3 Å². The summed E-state index contributed by atoms with van der Waals surface area (Å²) in [4.78, 5) is 0. The maximum atomic E-state index is 13.9. The lowest BCUT2D eigenvalue weighted by molar-refractivity contribution is -0.0858. The van der Waals surface area contributed by atoms with Crippen molar-refractivity contribution in [2.75, 3.05) is 0 Å². The van der Waals surface area contributed by atoms with Crippen LogP contribution in [0.4, 0.5) is 8.78 Å². The first-order valence-corrected chi connectivity index (χ1v) is 10.3. The number of aliphatic hydroxyl groups excluding tert-OH is 1. The van der Waals surface area contributed by atoms with Crippen molar-refractivity contribution in [1.29, 1.82) is 0 Å². The monoisotopic (exact) mass is 407 g/mol. The van der Waals surface area contributed by atoms with Crippen LogP contribution in [-0.4, -0.2) is 21.9 Å². The molecular formula is C25H23F2NO2. The van der Waals surface area contributed by atoms with Gasteiger partial charge in [-0.1, -0.05) is 30.3 Å². The highest BCUT2D eigenvalue weighted by atomic mass is 19.1. The number of aliphatic hydroxyl groups is 1. The number of hydrogen-bond acceptors (Lipinski definition) is 2. The van der Waals surface area contributed by atoms with Crippen LogP contribution in [0.5, 0.6) is 0 Å². The number of rotatable bonds is 4.